The average Bonchev–Trinajstić information content (AvgIpc) is 2.44. The van der Waals surface area contributed by atoms with Crippen molar-refractivity contribution >= 4 is 5.91 Å². The molecule has 2 aliphatic rings. The van der Waals surface area contributed by atoms with E-state index in [0.717, 1.165) is 19.5 Å². The number of nitrogens with two attached hydrogens (primary N) is 1. The second-order valence-electron chi connectivity index (χ2n) is 6.40. The minimum atomic E-state index is 0.0742. The maximum absolute atomic E-state index is 12.2. The fourth-order valence-electron chi connectivity index (χ4n) is 3.31. The maximum Gasteiger partial charge on any atom is 0.234 e. The van der Waals surface area contributed by atoms with Crippen LogP contribution in [0.4, 0.5) is 0 Å². The second-order valence-corrected chi connectivity index (χ2v) is 6.40. The molecular formula is C15H29N3O2. The van der Waals surface area contributed by atoms with Gasteiger partial charge in [0.25, 0.3) is 0 Å². The van der Waals surface area contributed by atoms with E-state index in [0.29, 0.717) is 37.6 Å². The third kappa shape index (κ3) is 4.17. The van der Waals surface area contributed by atoms with Crippen molar-refractivity contribution in [2.75, 3.05) is 32.8 Å². The van der Waals surface area contributed by atoms with Crippen molar-refractivity contribution in [2.45, 2.75) is 45.3 Å². The zero-order valence-electron chi connectivity index (χ0n) is 12.8. The number of hydrogen-bond acceptors (Lipinski definition) is 4. The molecule has 0 radical (unpaired) electrons. The van der Waals surface area contributed by atoms with Crippen LogP contribution in [-0.4, -0.2) is 55.7 Å². The molecule has 116 valence electrons. The molecule has 4 unspecified atom stereocenters. The third-order valence-electron chi connectivity index (χ3n) is 4.91. The van der Waals surface area contributed by atoms with Crippen LogP contribution in [0, 0.1) is 11.8 Å². The van der Waals surface area contributed by atoms with Gasteiger partial charge >= 0.3 is 0 Å². The minimum absolute atomic E-state index is 0.0742. The molecule has 1 amide bonds. The first-order chi connectivity index (χ1) is 9.60. The summed E-state index contributed by atoms with van der Waals surface area (Å²) in [6.45, 7) is 7.80. The number of rotatable bonds is 4. The highest BCUT2D eigenvalue weighted by Gasteiger charge is 2.29. The molecule has 5 heteroatoms. The van der Waals surface area contributed by atoms with Gasteiger partial charge in [0.15, 0.2) is 0 Å². The first-order valence-electron chi connectivity index (χ1n) is 7.93. The number of ether oxygens (including phenoxy) is 1. The normalized spacial score (nSPS) is 35.8. The van der Waals surface area contributed by atoms with Gasteiger partial charge in [0.1, 0.15) is 0 Å². The lowest BCUT2D eigenvalue weighted by atomic mass is 9.78. The van der Waals surface area contributed by atoms with Gasteiger partial charge in [-0.2, -0.15) is 0 Å². The van der Waals surface area contributed by atoms with E-state index in [1.54, 1.807) is 0 Å². The molecule has 1 aliphatic carbocycles. The monoisotopic (exact) mass is 283 g/mol. The van der Waals surface area contributed by atoms with E-state index in [1.165, 1.54) is 12.8 Å². The summed E-state index contributed by atoms with van der Waals surface area (Å²) < 4.78 is 5.52. The standard InChI is InChI=1S/C15H29N3O2/c1-11-4-3-5-14(12(11)2)17-15(19)10-18-6-7-20-13(8-16)9-18/h11-14H,3-10,16H2,1-2H3,(H,17,19). The molecule has 0 bridgehead atoms. The van der Waals surface area contributed by atoms with Gasteiger partial charge in [0.05, 0.1) is 19.3 Å². The Morgan fingerprint density at radius 2 is 2.20 bits per heavy atom. The molecule has 0 aromatic carbocycles. The van der Waals surface area contributed by atoms with Crippen LogP contribution in [0.2, 0.25) is 0 Å². The highest BCUT2D eigenvalue weighted by Crippen LogP contribution is 2.29. The van der Waals surface area contributed by atoms with Crippen molar-refractivity contribution in [1.29, 1.82) is 0 Å². The molecule has 4 atom stereocenters. The molecule has 0 aromatic heterocycles. The number of morpholine rings is 1. The first kappa shape index (κ1) is 15.7. The Hall–Kier alpha value is -0.650. The van der Waals surface area contributed by atoms with E-state index in [4.69, 9.17) is 10.5 Å². The van der Waals surface area contributed by atoms with Gasteiger partial charge < -0.3 is 15.8 Å². The zero-order valence-corrected chi connectivity index (χ0v) is 12.8. The number of nitrogens with one attached hydrogen (secondary N) is 1. The Labute approximate surface area is 122 Å². The van der Waals surface area contributed by atoms with Crippen LogP contribution >= 0.6 is 0 Å². The lowest BCUT2D eigenvalue weighted by Gasteiger charge is -2.36. The van der Waals surface area contributed by atoms with Gasteiger partial charge in [-0.1, -0.05) is 26.7 Å². The second kappa shape index (κ2) is 7.38. The molecule has 1 saturated carbocycles. The molecule has 0 aromatic rings. The fourth-order valence-corrected chi connectivity index (χ4v) is 3.31. The summed E-state index contributed by atoms with van der Waals surface area (Å²) in [5.74, 6) is 1.43. The van der Waals surface area contributed by atoms with Crippen LogP contribution in [0.5, 0.6) is 0 Å². The summed E-state index contributed by atoms with van der Waals surface area (Å²) >= 11 is 0. The van der Waals surface area contributed by atoms with Gasteiger partial charge in [-0.3, -0.25) is 9.69 Å². The molecule has 3 N–H and O–H groups in total. The van der Waals surface area contributed by atoms with Gasteiger partial charge in [-0.05, 0) is 18.3 Å². The molecule has 2 rings (SSSR count). The number of amides is 1. The molecule has 20 heavy (non-hydrogen) atoms. The summed E-state index contributed by atoms with van der Waals surface area (Å²) in [4.78, 5) is 14.3. The van der Waals surface area contributed by atoms with Gasteiger partial charge in [-0.25, -0.2) is 0 Å². The van der Waals surface area contributed by atoms with Crippen LogP contribution in [-0.2, 0) is 9.53 Å². The molecule has 2 fully saturated rings. The minimum Gasteiger partial charge on any atom is -0.374 e. The van der Waals surface area contributed by atoms with E-state index in [2.05, 4.69) is 24.1 Å². The van der Waals surface area contributed by atoms with Crippen molar-refractivity contribution in [3.8, 4) is 0 Å². The number of carbonyl (C=O) groups excluding carboxylic acids is 1. The van der Waals surface area contributed by atoms with E-state index >= 15 is 0 Å². The smallest absolute Gasteiger partial charge is 0.234 e. The van der Waals surface area contributed by atoms with Crippen LogP contribution < -0.4 is 11.1 Å². The van der Waals surface area contributed by atoms with Crippen LogP contribution in [0.3, 0.4) is 0 Å². The average molecular weight is 283 g/mol. The SMILES string of the molecule is CC1CCCC(NC(=O)CN2CCOC(CN)C2)C1C. The molecule has 5 nitrogen and oxygen atoms in total. The predicted molar refractivity (Wildman–Crippen MR) is 79.3 cm³/mol. The Bertz CT molecular complexity index is 324. The van der Waals surface area contributed by atoms with Gasteiger partial charge in [0.2, 0.25) is 5.91 Å². The Balaban J connectivity index is 1.77. The molecule has 1 heterocycles. The molecule has 1 saturated heterocycles. The van der Waals surface area contributed by atoms with Crippen molar-refractivity contribution < 1.29 is 9.53 Å². The topological polar surface area (TPSA) is 67.6 Å². The lowest BCUT2D eigenvalue weighted by molar-refractivity contribution is -0.125. The summed E-state index contributed by atoms with van der Waals surface area (Å²) in [7, 11) is 0. The number of carbonyl (C=O) groups is 1. The number of nitrogens with zero attached hydrogens (tertiary/aromatic N) is 1. The number of hydrogen-bond donors (Lipinski definition) is 2. The molecule has 1 aliphatic heterocycles. The summed E-state index contributed by atoms with van der Waals surface area (Å²) in [5, 5.41) is 3.23. The lowest BCUT2D eigenvalue weighted by Crippen LogP contribution is -2.51. The van der Waals surface area contributed by atoms with Crippen LogP contribution in [0.15, 0.2) is 0 Å². The van der Waals surface area contributed by atoms with Gasteiger partial charge in [-0.15, -0.1) is 0 Å². The van der Waals surface area contributed by atoms with Gasteiger partial charge in [0, 0.05) is 25.7 Å². The highest BCUT2D eigenvalue weighted by atomic mass is 16.5. The van der Waals surface area contributed by atoms with Crippen LogP contribution in [0.1, 0.15) is 33.1 Å². The van der Waals surface area contributed by atoms with Crippen molar-refractivity contribution in [2.24, 2.45) is 17.6 Å². The predicted octanol–water partition coefficient (Wildman–Crippen LogP) is 0.587. The van der Waals surface area contributed by atoms with Crippen LogP contribution in [0.25, 0.3) is 0 Å². The quantitative estimate of drug-likeness (QED) is 0.792. The molecule has 0 spiro atoms. The van der Waals surface area contributed by atoms with Crippen molar-refractivity contribution in [3.63, 3.8) is 0 Å². The highest BCUT2D eigenvalue weighted by molar-refractivity contribution is 5.78. The Morgan fingerprint density at radius 1 is 1.40 bits per heavy atom. The Morgan fingerprint density at radius 3 is 2.95 bits per heavy atom. The largest absolute Gasteiger partial charge is 0.374 e. The molecular weight excluding hydrogens is 254 g/mol. The zero-order chi connectivity index (χ0) is 14.5. The van der Waals surface area contributed by atoms with Crippen molar-refractivity contribution in [1.82, 2.24) is 10.2 Å². The Kier molecular flexibility index (Phi) is 5.81. The van der Waals surface area contributed by atoms with Crippen molar-refractivity contribution in [3.05, 3.63) is 0 Å². The van der Waals surface area contributed by atoms with E-state index in [1.807, 2.05) is 0 Å². The summed E-state index contributed by atoms with van der Waals surface area (Å²) in [6, 6.07) is 0.345. The van der Waals surface area contributed by atoms with E-state index in [9.17, 15) is 4.79 Å². The summed E-state index contributed by atoms with van der Waals surface area (Å²) in [5.41, 5.74) is 5.63. The fraction of sp³-hybridized carbons (Fsp3) is 0.933. The first-order valence-corrected chi connectivity index (χ1v) is 7.93. The van der Waals surface area contributed by atoms with E-state index in [-0.39, 0.29) is 12.0 Å². The van der Waals surface area contributed by atoms with E-state index < -0.39 is 0 Å². The summed E-state index contributed by atoms with van der Waals surface area (Å²) in [6.07, 6.45) is 3.70. The maximum atomic E-state index is 12.2. The third-order valence-corrected chi connectivity index (χ3v) is 4.91.